The number of nitrogens with zero attached hydrogens (tertiary/aromatic N) is 1. The molecule has 0 spiro atoms. The molecule has 0 aromatic carbocycles. The Balaban J connectivity index is 2.33. The molecule has 148 valence electrons. The van der Waals surface area contributed by atoms with E-state index in [0.717, 1.165) is 11.2 Å². The average molecular weight is 371 g/mol. The highest BCUT2D eigenvalue weighted by Crippen LogP contribution is 2.57. The molecular formula is C18H29NO7. The van der Waals surface area contributed by atoms with Crippen LogP contribution in [0.3, 0.4) is 0 Å². The minimum atomic E-state index is -1.13. The summed E-state index contributed by atoms with van der Waals surface area (Å²) < 4.78 is 21.8. The minimum absolute atomic E-state index is 0.295. The second-order valence-corrected chi connectivity index (χ2v) is 8.61. The van der Waals surface area contributed by atoms with Gasteiger partial charge in [0.25, 0.3) is 0 Å². The highest BCUT2D eigenvalue weighted by atomic mass is 16.8. The van der Waals surface area contributed by atoms with Crippen molar-refractivity contribution in [2.75, 3.05) is 6.61 Å². The molecule has 8 heteroatoms. The van der Waals surface area contributed by atoms with Gasteiger partial charge in [-0.25, -0.2) is 14.5 Å². The fourth-order valence-corrected chi connectivity index (χ4v) is 2.94. The van der Waals surface area contributed by atoms with Crippen LogP contribution in [0.5, 0.6) is 0 Å². The number of rotatable bonds is 5. The number of aldehydes is 1. The lowest BCUT2D eigenvalue weighted by Gasteiger charge is -2.33. The normalized spacial score (nSPS) is 30.3. The van der Waals surface area contributed by atoms with Crippen LogP contribution in [0, 0.1) is 5.92 Å². The van der Waals surface area contributed by atoms with Crippen molar-refractivity contribution in [3.05, 3.63) is 0 Å². The second kappa shape index (κ2) is 6.81. The summed E-state index contributed by atoms with van der Waals surface area (Å²) >= 11 is 0. The molecule has 0 radical (unpaired) electrons. The molecule has 0 aromatic heterocycles. The lowest BCUT2D eigenvalue weighted by atomic mass is 10.1. The van der Waals surface area contributed by atoms with Crippen LogP contribution in [0.25, 0.3) is 0 Å². The third kappa shape index (κ3) is 4.35. The first-order valence-electron chi connectivity index (χ1n) is 8.84. The highest BCUT2D eigenvalue weighted by molar-refractivity contribution is 5.91. The maximum Gasteiger partial charge on any atom is 0.420 e. The summed E-state index contributed by atoms with van der Waals surface area (Å²) in [6.07, 6.45) is -1.82. The number of hydrogen-bond acceptors (Lipinski definition) is 7. The molecule has 1 heterocycles. The van der Waals surface area contributed by atoms with Gasteiger partial charge in [-0.15, -0.1) is 0 Å². The third-order valence-electron chi connectivity index (χ3n) is 4.04. The first-order valence-corrected chi connectivity index (χ1v) is 8.84. The van der Waals surface area contributed by atoms with E-state index in [4.69, 9.17) is 18.9 Å². The van der Waals surface area contributed by atoms with Crippen molar-refractivity contribution in [1.82, 2.24) is 4.90 Å². The molecule has 2 unspecified atom stereocenters. The first-order chi connectivity index (χ1) is 11.9. The van der Waals surface area contributed by atoms with E-state index in [1.54, 1.807) is 41.5 Å². The van der Waals surface area contributed by atoms with E-state index in [1.807, 2.05) is 6.92 Å². The van der Waals surface area contributed by atoms with Gasteiger partial charge in [-0.3, -0.25) is 0 Å². The largest absolute Gasteiger partial charge is 0.443 e. The number of amides is 2. The van der Waals surface area contributed by atoms with Crippen molar-refractivity contribution < 1.29 is 33.3 Å². The predicted octanol–water partition coefficient (Wildman–Crippen LogP) is 2.88. The van der Waals surface area contributed by atoms with Gasteiger partial charge in [0.1, 0.15) is 23.6 Å². The zero-order valence-corrected chi connectivity index (χ0v) is 16.5. The van der Waals surface area contributed by atoms with Crippen molar-refractivity contribution in [3.8, 4) is 0 Å². The van der Waals surface area contributed by atoms with E-state index >= 15 is 0 Å². The Morgan fingerprint density at radius 2 is 1.62 bits per heavy atom. The van der Waals surface area contributed by atoms with Crippen LogP contribution in [0.1, 0.15) is 54.9 Å². The summed E-state index contributed by atoms with van der Waals surface area (Å²) in [5.74, 6) is -0.544. The maximum absolute atomic E-state index is 12.8. The van der Waals surface area contributed by atoms with Gasteiger partial charge in [0, 0.05) is 12.5 Å². The monoisotopic (exact) mass is 371 g/mol. The number of carbonyl (C=O) groups excluding carboxylic acids is 3. The first kappa shape index (κ1) is 20.6. The van der Waals surface area contributed by atoms with Crippen molar-refractivity contribution in [1.29, 1.82) is 0 Å². The molecule has 4 atom stereocenters. The Bertz CT molecular complexity index is 549. The molecule has 1 aliphatic carbocycles. The maximum atomic E-state index is 12.8. The molecule has 1 aliphatic heterocycles. The van der Waals surface area contributed by atoms with Crippen LogP contribution in [0.15, 0.2) is 0 Å². The summed E-state index contributed by atoms with van der Waals surface area (Å²) in [6.45, 7) is 12.4. The second-order valence-electron chi connectivity index (χ2n) is 8.61. The van der Waals surface area contributed by atoms with Gasteiger partial charge in [0.05, 0.1) is 5.54 Å². The Morgan fingerprint density at radius 3 is 1.96 bits per heavy atom. The Labute approximate surface area is 154 Å². The van der Waals surface area contributed by atoms with Crippen LogP contribution in [0.2, 0.25) is 0 Å². The van der Waals surface area contributed by atoms with Gasteiger partial charge in [-0.05, 0) is 54.9 Å². The van der Waals surface area contributed by atoms with E-state index in [1.165, 1.54) is 0 Å². The fraction of sp³-hybridized carbons (Fsp3) is 0.833. The van der Waals surface area contributed by atoms with Gasteiger partial charge in [-0.1, -0.05) is 0 Å². The van der Waals surface area contributed by atoms with Crippen LogP contribution in [0.4, 0.5) is 9.59 Å². The Hall–Kier alpha value is -1.67. The van der Waals surface area contributed by atoms with Crippen molar-refractivity contribution >= 4 is 18.5 Å². The van der Waals surface area contributed by atoms with Crippen molar-refractivity contribution in [2.45, 2.75) is 84.0 Å². The molecule has 1 saturated carbocycles. The molecule has 2 fully saturated rings. The lowest BCUT2D eigenvalue weighted by molar-refractivity contribution is -0.109. The molecular weight excluding hydrogens is 342 g/mol. The van der Waals surface area contributed by atoms with Crippen molar-refractivity contribution in [3.63, 3.8) is 0 Å². The molecule has 26 heavy (non-hydrogen) atoms. The molecule has 0 N–H and O–H groups in total. The van der Waals surface area contributed by atoms with Gasteiger partial charge in [0.15, 0.2) is 6.29 Å². The van der Waals surface area contributed by atoms with Gasteiger partial charge >= 0.3 is 12.2 Å². The summed E-state index contributed by atoms with van der Waals surface area (Å²) in [5.41, 5.74) is -2.76. The van der Waals surface area contributed by atoms with Crippen LogP contribution in [-0.4, -0.2) is 59.1 Å². The molecule has 1 saturated heterocycles. The highest BCUT2D eigenvalue weighted by Gasteiger charge is 2.75. The number of carbonyl (C=O) groups is 3. The molecule has 2 amide bonds. The van der Waals surface area contributed by atoms with E-state index in [-0.39, 0.29) is 0 Å². The zero-order chi connectivity index (χ0) is 19.9. The van der Waals surface area contributed by atoms with Gasteiger partial charge < -0.3 is 23.7 Å². The van der Waals surface area contributed by atoms with Crippen LogP contribution < -0.4 is 0 Å². The SMILES string of the molecule is CCOC1OC1[C@@]1(N(C(=O)OC(C)(C)C)C(=O)OC(C)(C)C)C[C@H]1C=O. The Morgan fingerprint density at radius 1 is 1.12 bits per heavy atom. The smallest absolute Gasteiger partial charge is 0.420 e. The van der Waals surface area contributed by atoms with Gasteiger partial charge in [-0.2, -0.15) is 0 Å². The molecule has 8 nitrogen and oxygen atoms in total. The summed E-state index contributed by atoms with van der Waals surface area (Å²) in [5, 5.41) is 0. The minimum Gasteiger partial charge on any atom is -0.443 e. The predicted molar refractivity (Wildman–Crippen MR) is 91.5 cm³/mol. The van der Waals surface area contributed by atoms with E-state index < -0.39 is 47.2 Å². The third-order valence-corrected chi connectivity index (χ3v) is 4.04. The topological polar surface area (TPSA) is 94.7 Å². The van der Waals surface area contributed by atoms with Crippen LogP contribution in [-0.2, 0) is 23.7 Å². The molecule has 2 aliphatic rings. The number of hydrogen-bond donors (Lipinski definition) is 0. The standard InChI is InChI=1S/C18H29NO7/c1-8-23-13-12(24-13)18(9-11(18)10-20)19(14(21)25-16(2,3)4)15(22)26-17(5,6)7/h10-13H,8-9H2,1-7H3/t11-,12?,13?,18+/m0/s1. The fourth-order valence-electron chi connectivity index (χ4n) is 2.94. The molecule has 2 rings (SSSR count). The Kier molecular flexibility index (Phi) is 5.41. The quantitative estimate of drug-likeness (QED) is 0.542. The van der Waals surface area contributed by atoms with E-state index in [9.17, 15) is 14.4 Å². The van der Waals surface area contributed by atoms with Gasteiger partial charge in [0.2, 0.25) is 0 Å². The number of epoxide rings is 1. The number of imide groups is 1. The zero-order valence-electron chi connectivity index (χ0n) is 16.5. The molecule has 0 bridgehead atoms. The van der Waals surface area contributed by atoms with Crippen molar-refractivity contribution in [2.24, 2.45) is 5.92 Å². The summed E-state index contributed by atoms with van der Waals surface area (Å²) in [4.78, 5) is 38.0. The summed E-state index contributed by atoms with van der Waals surface area (Å²) in [7, 11) is 0. The van der Waals surface area contributed by atoms with E-state index in [0.29, 0.717) is 13.0 Å². The summed E-state index contributed by atoms with van der Waals surface area (Å²) in [6, 6.07) is 0. The average Bonchev–Trinajstić information content (AvgIpc) is 3.30. The number of ether oxygens (including phenoxy) is 4. The van der Waals surface area contributed by atoms with Crippen LogP contribution >= 0.6 is 0 Å². The lowest BCUT2D eigenvalue weighted by Crippen LogP contribution is -2.54. The van der Waals surface area contributed by atoms with E-state index in [2.05, 4.69) is 0 Å². The molecule has 0 aromatic rings.